The summed E-state index contributed by atoms with van der Waals surface area (Å²) in [4.78, 5) is 36.2. The molecule has 0 aromatic heterocycles. The molecule has 0 bridgehead atoms. The largest absolute Gasteiger partial charge is 0.463 e. The first-order valence-electron chi connectivity index (χ1n) is 7.15. The number of ether oxygens (including phenoxy) is 1. The Balaban J connectivity index is 2.35. The van der Waals surface area contributed by atoms with Crippen molar-refractivity contribution in [1.29, 1.82) is 0 Å². The third-order valence-corrected chi connectivity index (χ3v) is 3.19. The number of nitrogens with zero attached hydrogens (tertiary/aromatic N) is 1. The molecule has 2 aromatic rings. The number of hydrogen-bond donors (Lipinski definition) is 1. The Morgan fingerprint density at radius 1 is 0.958 bits per heavy atom. The van der Waals surface area contributed by atoms with Crippen LogP contribution in [-0.2, 0) is 14.3 Å². The quantitative estimate of drug-likeness (QED) is 0.220. The molecule has 0 heterocycles. The van der Waals surface area contributed by atoms with Crippen molar-refractivity contribution in [2.24, 2.45) is 5.10 Å². The van der Waals surface area contributed by atoms with Crippen molar-refractivity contribution >= 4 is 28.9 Å². The molecular weight excluding hydrogens is 308 g/mol. The molecule has 0 saturated heterocycles. The number of esters is 1. The number of hydrogen-bond acceptors (Lipinski definition) is 6. The van der Waals surface area contributed by atoms with Gasteiger partial charge in [0.15, 0.2) is 5.71 Å². The van der Waals surface area contributed by atoms with E-state index in [0.29, 0.717) is 5.69 Å². The summed E-state index contributed by atoms with van der Waals surface area (Å²) in [7, 11) is 1.07. The van der Waals surface area contributed by atoms with Gasteiger partial charge in [-0.3, -0.25) is 15.0 Å². The van der Waals surface area contributed by atoms with E-state index in [2.05, 4.69) is 15.3 Å². The molecule has 2 rings (SSSR count). The van der Waals surface area contributed by atoms with Crippen molar-refractivity contribution in [3.05, 3.63) is 65.7 Å². The first-order chi connectivity index (χ1) is 11.5. The van der Waals surface area contributed by atoms with Crippen LogP contribution in [0.1, 0.15) is 15.9 Å². The molecule has 1 N–H and O–H groups in total. The van der Waals surface area contributed by atoms with E-state index < -0.39 is 23.2 Å². The Morgan fingerprint density at radius 2 is 1.58 bits per heavy atom. The molecule has 2 aromatic carbocycles. The number of hydrazone groups is 1. The fraction of sp³-hybridized carbons (Fsp3) is 0.111. The molecule has 0 aliphatic rings. The topological polar surface area (TPSA) is 84.8 Å². The predicted molar refractivity (Wildman–Crippen MR) is 90.0 cm³/mol. The molecule has 0 aliphatic carbocycles. The van der Waals surface area contributed by atoms with E-state index in [1.165, 1.54) is 0 Å². The molecule has 0 spiro atoms. The molecule has 6 heteroatoms. The lowest BCUT2D eigenvalue weighted by atomic mass is 10.0. The SMILES string of the molecule is COC(=O)C(=O)/C(=N/Nc1ccccc1)C(=O)c1ccc(C)cc1. The van der Waals surface area contributed by atoms with Gasteiger partial charge in [-0.15, -0.1) is 0 Å². The van der Waals surface area contributed by atoms with Crippen molar-refractivity contribution in [2.45, 2.75) is 6.92 Å². The average molecular weight is 324 g/mol. The number of rotatable bonds is 6. The van der Waals surface area contributed by atoms with Crippen molar-refractivity contribution in [2.75, 3.05) is 12.5 Å². The summed E-state index contributed by atoms with van der Waals surface area (Å²) in [6.07, 6.45) is 0. The van der Waals surface area contributed by atoms with Crippen LogP contribution in [0.3, 0.4) is 0 Å². The van der Waals surface area contributed by atoms with E-state index >= 15 is 0 Å². The third-order valence-electron chi connectivity index (χ3n) is 3.19. The second kappa shape index (κ2) is 7.82. The molecule has 0 saturated carbocycles. The normalized spacial score (nSPS) is 10.8. The number of carbonyl (C=O) groups excluding carboxylic acids is 3. The van der Waals surface area contributed by atoms with E-state index in [4.69, 9.17) is 0 Å². The van der Waals surface area contributed by atoms with Gasteiger partial charge in [-0.1, -0.05) is 48.0 Å². The van der Waals surface area contributed by atoms with Gasteiger partial charge in [-0.05, 0) is 19.1 Å². The zero-order valence-electron chi connectivity index (χ0n) is 13.3. The van der Waals surface area contributed by atoms with E-state index in [-0.39, 0.29) is 5.56 Å². The molecule has 6 nitrogen and oxygen atoms in total. The van der Waals surface area contributed by atoms with Gasteiger partial charge in [-0.25, -0.2) is 4.79 Å². The third kappa shape index (κ3) is 4.13. The van der Waals surface area contributed by atoms with Gasteiger partial charge in [-0.2, -0.15) is 5.10 Å². The molecule has 0 atom stereocenters. The second-order valence-corrected chi connectivity index (χ2v) is 4.95. The van der Waals surface area contributed by atoms with Crippen molar-refractivity contribution in [1.82, 2.24) is 0 Å². The molecule has 0 radical (unpaired) electrons. The molecule has 0 fully saturated rings. The van der Waals surface area contributed by atoms with Gasteiger partial charge in [0.05, 0.1) is 12.8 Å². The molecule has 0 unspecified atom stereocenters. The van der Waals surface area contributed by atoms with Crippen LogP contribution in [0, 0.1) is 6.92 Å². The van der Waals surface area contributed by atoms with Gasteiger partial charge >= 0.3 is 5.97 Å². The number of anilines is 1. The molecular formula is C18H16N2O4. The highest BCUT2D eigenvalue weighted by atomic mass is 16.5. The smallest absolute Gasteiger partial charge is 0.381 e. The van der Waals surface area contributed by atoms with E-state index in [1.807, 2.05) is 13.0 Å². The van der Waals surface area contributed by atoms with Gasteiger partial charge < -0.3 is 4.74 Å². The fourth-order valence-electron chi connectivity index (χ4n) is 1.87. The number of carbonyl (C=O) groups is 3. The highest BCUT2D eigenvalue weighted by Gasteiger charge is 2.28. The number of ketones is 2. The summed E-state index contributed by atoms with van der Waals surface area (Å²) < 4.78 is 4.40. The zero-order valence-corrected chi connectivity index (χ0v) is 13.3. The Morgan fingerprint density at radius 3 is 2.17 bits per heavy atom. The van der Waals surface area contributed by atoms with Crippen LogP contribution in [0.25, 0.3) is 0 Å². The number of nitrogens with one attached hydrogen (secondary N) is 1. The zero-order chi connectivity index (χ0) is 17.5. The summed E-state index contributed by atoms with van der Waals surface area (Å²) in [5, 5.41) is 3.83. The van der Waals surface area contributed by atoms with Crippen LogP contribution >= 0.6 is 0 Å². The minimum atomic E-state index is -1.15. The van der Waals surface area contributed by atoms with Crippen molar-refractivity contribution in [3.63, 3.8) is 0 Å². The lowest BCUT2D eigenvalue weighted by Gasteiger charge is -2.06. The highest BCUT2D eigenvalue weighted by Crippen LogP contribution is 2.09. The van der Waals surface area contributed by atoms with Gasteiger partial charge in [0.25, 0.3) is 5.78 Å². The summed E-state index contributed by atoms with van der Waals surface area (Å²) >= 11 is 0. The number of benzene rings is 2. The molecule has 0 amide bonds. The van der Waals surface area contributed by atoms with Crippen LogP contribution in [0.2, 0.25) is 0 Å². The summed E-state index contributed by atoms with van der Waals surface area (Å²) in [5.41, 5.74) is 3.87. The second-order valence-electron chi connectivity index (χ2n) is 4.95. The van der Waals surface area contributed by atoms with Crippen LogP contribution < -0.4 is 5.43 Å². The summed E-state index contributed by atoms with van der Waals surface area (Å²) in [6, 6.07) is 15.4. The standard InChI is InChI=1S/C18H16N2O4/c1-12-8-10-13(11-9-12)16(21)15(17(22)18(23)24-2)20-19-14-6-4-3-5-7-14/h3-11,19H,1-2H3/b20-15+. The number of para-hydroxylation sites is 1. The molecule has 0 aliphatic heterocycles. The van der Waals surface area contributed by atoms with Gasteiger partial charge in [0.1, 0.15) is 0 Å². The molecule has 24 heavy (non-hydrogen) atoms. The number of Topliss-reactive ketones (excluding diaryl/α,β-unsaturated/α-hetero) is 2. The minimum absolute atomic E-state index is 0.256. The van der Waals surface area contributed by atoms with E-state index in [1.54, 1.807) is 48.5 Å². The Hall–Kier alpha value is -3.28. The van der Waals surface area contributed by atoms with Crippen LogP contribution in [0.15, 0.2) is 59.7 Å². The van der Waals surface area contributed by atoms with Gasteiger partial charge in [0, 0.05) is 5.56 Å². The monoisotopic (exact) mass is 324 g/mol. The lowest BCUT2D eigenvalue weighted by Crippen LogP contribution is -2.32. The average Bonchev–Trinajstić information content (AvgIpc) is 2.62. The number of methoxy groups -OCH3 is 1. The Kier molecular flexibility index (Phi) is 5.57. The Bertz CT molecular complexity index is 780. The fourth-order valence-corrected chi connectivity index (χ4v) is 1.87. The Labute approximate surface area is 139 Å². The van der Waals surface area contributed by atoms with Crippen molar-refractivity contribution in [3.8, 4) is 0 Å². The predicted octanol–water partition coefficient (Wildman–Crippen LogP) is 2.39. The van der Waals surface area contributed by atoms with Crippen LogP contribution in [0.5, 0.6) is 0 Å². The maximum Gasteiger partial charge on any atom is 0.381 e. The maximum atomic E-state index is 12.5. The van der Waals surface area contributed by atoms with Crippen LogP contribution in [0.4, 0.5) is 5.69 Å². The maximum absolute atomic E-state index is 12.5. The van der Waals surface area contributed by atoms with Crippen molar-refractivity contribution < 1.29 is 19.1 Å². The van der Waals surface area contributed by atoms with E-state index in [0.717, 1.165) is 12.7 Å². The van der Waals surface area contributed by atoms with Crippen LogP contribution in [-0.4, -0.2) is 30.4 Å². The summed E-state index contributed by atoms with van der Waals surface area (Å²) in [5.74, 6) is -2.91. The van der Waals surface area contributed by atoms with E-state index in [9.17, 15) is 14.4 Å². The highest BCUT2D eigenvalue weighted by molar-refractivity contribution is 6.80. The minimum Gasteiger partial charge on any atom is -0.463 e. The summed E-state index contributed by atoms with van der Waals surface area (Å²) in [6.45, 7) is 1.87. The lowest BCUT2D eigenvalue weighted by molar-refractivity contribution is -0.148. The molecule has 122 valence electrons. The van der Waals surface area contributed by atoms with Gasteiger partial charge in [0.2, 0.25) is 5.78 Å². The number of aryl methyl sites for hydroxylation is 1. The first-order valence-corrected chi connectivity index (χ1v) is 7.15. The first kappa shape index (κ1) is 17.1.